The minimum absolute atomic E-state index is 0.0124. The number of nitrogens with one attached hydrogen (secondary N) is 2. The van der Waals surface area contributed by atoms with Gasteiger partial charge in [0, 0.05) is 52.0 Å². The van der Waals surface area contributed by atoms with Crippen molar-refractivity contribution in [1.82, 2.24) is 5.32 Å². The monoisotopic (exact) mass is 614 g/mol. The third kappa shape index (κ3) is 6.06. The second-order valence-electron chi connectivity index (χ2n) is 12.8. The highest BCUT2D eigenvalue weighted by Gasteiger charge is 2.46. The second-order valence-corrected chi connectivity index (χ2v) is 14.1. The molecule has 0 spiro atoms. The van der Waals surface area contributed by atoms with E-state index in [1.54, 1.807) is 24.3 Å². The Labute approximate surface area is 255 Å². The molecule has 2 aliphatic carbocycles. The Morgan fingerprint density at radius 2 is 1.41 bits per heavy atom. The Kier molecular flexibility index (Phi) is 7.82. The first-order chi connectivity index (χ1) is 19.1. The quantitative estimate of drug-likeness (QED) is 0.357. The lowest BCUT2D eigenvalue weighted by Gasteiger charge is -2.44. The zero-order valence-corrected chi connectivity index (χ0v) is 26.0. The largest absolute Gasteiger partial charge is 0.481 e. The fraction of sp³-hybridized carbons (Fsp3) is 0.406. The van der Waals surface area contributed by atoms with Gasteiger partial charge in [0.2, 0.25) is 0 Å². The lowest BCUT2D eigenvalue weighted by molar-refractivity contribution is -0.119. The molecule has 2 N–H and O–H groups in total. The Morgan fingerprint density at radius 1 is 0.878 bits per heavy atom. The third-order valence-corrected chi connectivity index (χ3v) is 8.84. The predicted octanol–water partition coefficient (Wildman–Crippen LogP) is 7.95. The Morgan fingerprint density at radius 3 is 1.93 bits per heavy atom. The summed E-state index contributed by atoms with van der Waals surface area (Å²) in [5.41, 5.74) is 4.63. The summed E-state index contributed by atoms with van der Waals surface area (Å²) in [6.07, 6.45) is 2.16. The van der Waals surface area contributed by atoms with Crippen molar-refractivity contribution in [2.45, 2.75) is 66.2 Å². The Hall–Kier alpha value is -2.80. The van der Waals surface area contributed by atoms with E-state index in [4.69, 9.17) is 39.5 Å². The molecule has 1 aliphatic heterocycles. The SMILES string of the molecule is Cc1ccc(NC(=O)COc2c(Cl)cc(C3C4=C(CC(C)(C)CC4=O)NC4=C3C(=O)CC(C)(C)C4)cc2Cl)cc1Cl. The molecule has 0 saturated carbocycles. The number of carbonyl (C=O) groups is 3. The molecule has 2 aromatic carbocycles. The summed E-state index contributed by atoms with van der Waals surface area (Å²) >= 11 is 19.5. The molecule has 9 heteroatoms. The number of carbonyl (C=O) groups excluding carboxylic acids is 3. The zero-order valence-electron chi connectivity index (χ0n) is 23.8. The number of allylic oxidation sites excluding steroid dienone is 4. The number of ether oxygens (including phenoxy) is 1. The van der Waals surface area contributed by atoms with Crippen LogP contribution in [0.25, 0.3) is 0 Å². The van der Waals surface area contributed by atoms with Gasteiger partial charge < -0.3 is 15.4 Å². The van der Waals surface area contributed by atoms with Gasteiger partial charge in [0.15, 0.2) is 23.9 Å². The molecule has 0 aromatic heterocycles. The number of Topliss-reactive ketones (excluding diaryl/α,β-unsaturated/α-hetero) is 2. The summed E-state index contributed by atoms with van der Waals surface area (Å²) in [5.74, 6) is -0.808. The summed E-state index contributed by atoms with van der Waals surface area (Å²) in [7, 11) is 0. The first-order valence-corrected chi connectivity index (χ1v) is 14.7. The van der Waals surface area contributed by atoms with E-state index in [9.17, 15) is 14.4 Å². The average Bonchev–Trinajstić information content (AvgIpc) is 2.82. The topological polar surface area (TPSA) is 84.5 Å². The fourth-order valence-corrected chi connectivity index (χ4v) is 6.91. The van der Waals surface area contributed by atoms with Gasteiger partial charge in [-0.2, -0.15) is 0 Å². The van der Waals surface area contributed by atoms with Gasteiger partial charge in [0.05, 0.1) is 10.0 Å². The maximum absolute atomic E-state index is 13.6. The molecule has 41 heavy (non-hydrogen) atoms. The van der Waals surface area contributed by atoms with Crippen molar-refractivity contribution in [2.75, 3.05) is 11.9 Å². The highest BCUT2D eigenvalue weighted by atomic mass is 35.5. The van der Waals surface area contributed by atoms with Gasteiger partial charge in [-0.05, 0) is 66.0 Å². The van der Waals surface area contributed by atoms with Crippen LogP contribution in [0, 0.1) is 17.8 Å². The average molecular weight is 616 g/mol. The van der Waals surface area contributed by atoms with Crippen molar-refractivity contribution in [2.24, 2.45) is 10.8 Å². The number of aryl methyl sites for hydroxylation is 1. The van der Waals surface area contributed by atoms with E-state index in [1.807, 2.05) is 13.0 Å². The minimum atomic E-state index is -0.577. The molecule has 0 radical (unpaired) electrons. The van der Waals surface area contributed by atoms with E-state index in [2.05, 4.69) is 38.3 Å². The molecule has 0 saturated heterocycles. The number of halogens is 3. The van der Waals surface area contributed by atoms with Crippen LogP contribution in [0.4, 0.5) is 5.69 Å². The molecule has 5 rings (SSSR count). The Bertz CT molecular complexity index is 1480. The maximum Gasteiger partial charge on any atom is 0.262 e. The first-order valence-electron chi connectivity index (χ1n) is 13.6. The van der Waals surface area contributed by atoms with E-state index in [1.165, 1.54) is 0 Å². The van der Waals surface area contributed by atoms with Gasteiger partial charge in [-0.25, -0.2) is 0 Å². The molecule has 1 heterocycles. The van der Waals surface area contributed by atoms with E-state index in [0.717, 1.165) is 17.0 Å². The molecule has 2 aromatic rings. The van der Waals surface area contributed by atoms with Crippen LogP contribution < -0.4 is 15.4 Å². The number of dihydropyridines is 1. The van der Waals surface area contributed by atoms with Crippen LogP contribution in [-0.2, 0) is 14.4 Å². The minimum Gasteiger partial charge on any atom is -0.481 e. The normalized spacial score (nSPS) is 19.9. The number of benzene rings is 2. The molecule has 216 valence electrons. The van der Waals surface area contributed by atoms with E-state index >= 15 is 0 Å². The number of anilines is 1. The van der Waals surface area contributed by atoms with Crippen LogP contribution in [0.15, 0.2) is 52.9 Å². The number of ketones is 2. The third-order valence-electron chi connectivity index (χ3n) is 7.88. The zero-order chi connectivity index (χ0) is 29.9. The number of hydrogen-bond donors (Lipinski definition) is 2. The smallest absolute Gasteiger partial charge is 0.262 e. The molecule has 3 aliphatic rings. The van der Waals surface area contributed by atoms with Crippen molar-refractivity contribution in [3.63, 3.8) is 0 Å². The standard InChI is InChI=1S/C32H33Cl3N2O4/c1-16-6-7-18(10-19(16)33)36-26(40)15-41-30-20(34)8-17(9-21(30)35)27-28-22(11-31(2,3)13-24(28)38)37-23-12-32(4,5)14-25(39)29(23)27/h6-10,27,37H,11-15H2,1-5H3,(H,36,40). The van der Waals surface area contributed by atoms with Crippen LogP contribution >= 0.6 is 34.8 Å². The van der Waals surface area contributed by atoms with E-state index in [0.29, 0.717) is 53.1 Å². The van der Waals surface area contributed by atoms with Crippen molar-refractivity contribution < 1.29 is 19.1 Å². The summed E-state index contributed by atoms with van der Waals surface area (Å²) in [6.45, 7) is 9.86. The number of rotatable bonds is 5. The first kappa shape index (κ1) is 29.7. The molecule has 0 atom stereocenters. The van der Waals surface area contributed by atoms with Crippen molar-refractivity contribution in [3.8, 4) is 5.75 Å². The highest BCUT2D eigenvalue weighted by molar-refractivity contribution is 6.37. The van der Waals surface area contributed by atoms with Crippen molar-refractivity contribution in [3.05, 3.63) is 79.1 Å². The highest BCUT2D eigenvalue weighted by Crippen LogP contribution is 2.52. The summed E-state index contributed by atoms with van der Waals surface area (Å²) in [5, 5.41) is 7.16. The second kappa shape index (κ2) is 10.8. The lowest BCUT2D eigenvalue weighted by Crippen LogP contribution is -2.42. The van der Waals surface area contributed by atoms with E-state index in [-0.39, 0.29) is 44.8 Å². The molecular weight excluding hydrogens is 583 g/mol. The van der Waals surface area contributed by atoms with Gasteiger partial charge in [0.25, 0.3) is 5.91 Å². The van der Waals surface area contributed by atoms with Gasteiger partial charge in [-0.1, -0.05) is 68.6 Å². The molecule has 1 amide bonds. The van der Waals surface area contributed by atoms with Gasteiger partial charge in [-0.15, -0.1) is 0 Å². The maximum atomic E-state index is 13.6. The number of hydrogen-bond acceptors (Lipinski definition) is 5. The van der Waals surface area contributed by atoms with Crippen LogP contribution in [0.5, 0.6) is 5.75 Å². The van der Waals surface area contributed by atoms with E-state index < -0.39 is 11.8 Å². The van der Waals surface area contributed by atoms with Crippen LogP contribution in [0.3, 0.4) is 0 Å². The fourth-order valence-electron chi connectivity index (χ4n) is 6.11. The van der Waals surface area contributed by atoms with Crippen molar-refractivity contribution >= 4 is 58.0 Å². The molecule has 0 fully saturated rings. The van der Waals surface area contributed by atoms with Gasteiger partial charge in [0.1, 0.15) is 0 Å². The summed E-state index contributed by atoms with van der Waals surface area (Å²) in [6, 6.07) is 8.59. The van der Waals surface area contributed by atoms with Gasteiger partial charge in [-0.3, -0.25) is 14.4 Å². The lowest BCUT2D eigenvalue weighted by atomic mass is 9.64. The Balaban J connectivity index is 1.46. The molecule has 0 bridgehead atoms. The molecule has 6 nitrogen and oxygen atoms in total. The van der Waals surface area contributed by atoms with Crippen molar-refractivity contribution in [1.29, 1.82) is 0 Å². The molecular formula is C32H33Cl3N2O4. The van der Waals surface area contributed by atoms with Crippen LogP contribution in [-0.4, -0.2) is 24.1 Å². The predicted molar refractivity (Wildman–Crippen MR) is 163 cm³/mol. The van der Waals surface area contributed by atoms with Crippen LogP contribution in [0.1, 0.15) is 70.4 Å². The van der Waals surface area contributed by atoms with Gasteiger partial charge >= 0.3 is 0 Å². The summed E-state index contributed by atoms with van der Waals surface area (Å²) < 4.78 is 5.73. The van der Waals surface area contributed by atoms with Crippen LogP contribution in [0.2, 0.25) is 15.1 Å². The number of amides is 1. The molecule has 0 unspecified atom stereocenters. The summed E-state index contributed by atoms with van der Waals surface area (Å²) in [4.78, 5) is 39.7.